The Bertz CT molecular complexity index is 3550. The molecular weight excluding hydrogens is 719 g/mol. The van der Waals surface area contributed by atoms with Crippen LogP contribution in [-0.2, 0) is 0 Å². The highest BCUT2D eigenvalue weighted by Gasteiger charge is 2.21. The molecule has 10 aromatic carbocycles. The van der Waals surface area contributed by atoms with Crippen molar-refractivity contribution < 1.29 is 8.83 Å². The van der Waals surface area contributed by atoms with E-state index in [1.165, 1.54) is 27.5 Å². The van der Waals surface area contributed by atoms with Crippen molar-refractivity contribution in [3.8, 4) is 33.4 Å². The Labute approximate surface area is 340 Å². The maximum absolute atomic E-state index is 6.69. The van der Waals surface area contributed by atoms with Gasteiger partial charge in [0, 0.05) is 32.9 Å². The lowest BCUT2D eigenvalue weighted by atomic mass is 9.96. The van der Waals surface area contributed by atoms with Crippen molar-refractivity contribution in [1.29, 1.82) is 0 Å². The second-order valence-corrected chi connectivity index (χ2v) is 15.3. The van der Waals surface area contributed by atoms with Crippen LogP contribution >= 0.6 is 0 Å². The Balaban J connectivity index is 0.985. The van der Waals surface area contributed by atoms with E-state index >= 15 is 0 Å². The van der Waals surface area contributed by atoms with Gasteiger partial charge in [-0.3, -0.25) is 0 Å². The van der Waals surface area contributed by atoms with Gasteiger partial charge in [0.15, 0.2) is 0 Å². The average molecular weight is 754 g/mol. The number of benzene rings is 10. The van der Waals surface area contributed by atoms with E-state index in [4.69, 9.17) is 8.83 Å². The topological polar surface area (TPSA) is 29.5 Å². The normalized spacial score (nSPS) is 11.7. The van der Waals surface area contributed by atoms with E-state index in [1.807, 2.05) is 12.1 Å². The van der Waals surface area contributed by atoms with E-state index in [-0.39, 0.29) is 0 Å². The molecule has 0 fully saturated rings. The molecule has 0 amide bonds. The SMILES string of the molecule is c1cc(-c2ccc3c(c2)oc2ccccc23)cc(N(c2ccc(-c3ccc(-c4cccc5ccccc45)cc3)cc2)c2cccc3oc4c5ccccc5ccc4c23)c1. The molecule has 0 spiro atoms. The summed E-state index contributed by atoms with van der Waals surface area (Å²) >= 11 is 0. The first-order valence-corrected chi connectivity index (χ1v) is 20.1. The molecule has 0 radical (unpaired) electrons. The first-order chi connectivity index (χ1) is 29.2. The molecule has 0 atom stereocenters. The number of para-hydroxylation sites is 1. The summed E-state index contributed by atoms with van der Waals surface area (Å²) in [6.45, 7) is 0. The second-order valence-electron chi connectivity index (χ2n) is 15.3. The molecule has 0 aliphatic carbocycles. The fraction of sp³-hybridized carbons (Fsp3) is 0. The molecule has 2 heterocycles. The number of anilines is 3. The van der Waals surface area contributed by atoms with Gasteiger partial charge in [-0.25, -0.2) is 0 Å². The summed E-state index contributed by atoms with van der Waals surface area (Å²) in [5.41, 5.74) is 13.7. The quantitative estimate of drug-likeness (QED) is 0.169. The van der Waals surface area contributed by atoms with Crippen molar-refractivity contribution >= 4 is 82.5 Å². The zero-order valence-electron chi connectivity index (χ0n) is 32.0. The van der Waals surface area contributed by atoms with Crippen LogP contribution in [0, 0.1) is 0 Å². The van der Waals surface area contributed by atoms with E-state index in [1.54, 1.807) is 0 Å². The van der Waals surface area contributed by atoms with Crippen LogP contribution in [-0.4, -0.2) is 0 Å². The highest BCUT2D eigenvalue weighted by atomic mass is 16.3. The molecule has 276 valence electrons. The fourth-order valence-electron chi connectivity index (χ4n) is 9.00. The van der Waals surface area contributed by atoms with Gasteiger partial charge >= 0.3 is 0 Å². The summed E-state index contributed by atoms with van der Waals surface area (Å²) in [5, 5.41) is 9.20. The minimum Gasteiger partial charge on any atom is -0.456 e. The Hall–Kier alpha value is -7.88. The van der Waals surface area contributed by atoms with Gasteiger partial charge in [-0.1, -0.05) is 152 Å². The van der Waals surface area contributed by atoms with Gasteiger partial charge in [0.2, 0.25) is 0 Å². The largest absolute Gasteiger partial charge is 0.456 e. The van der Waals surface area contributed by atoms with Crippen molar-refractivity contribution in [3.63, 3.8) is 0 Å². The molecule has 12 aromatic rings. The lowest BCUT2D eigenvalue weighted by Crippen LogP contribution is -2.10. The minimum atomic E-state index is 0.855. The number of nitrogens with zero attached hydrogens (tertiary/aromatic N) is 1. The van der Waals surface area contributed by atoms with Crippen LogP contribution < -0.4 is 4.90 Å². The van der Waals surface area contributed by atoms with E-state index in [0.717, 1.165) is 88.4 Å². The number of rotatable bonds is 6. The van der Waals surface area contributed by atoms with Gasteiger partial charge in [0.05, 0.1) is 11.1 Å². The Morgan fingerprint density at radius 1 is 0.305 bits per heavy atom. The number of furan rings is 2. The van der Waals surface area contributed by atoms with Gasteiger partial charge in [-0.05, 0) is 110 Å². The van der Waals surface area contributed by atoms with Crippen molar-refractivity contribution in [2.45, 2.75) is 0 Å². The molecule has 0 aliphatic rings. The summed E-state index contributed by atoms with van der Waals surface area (Å²) in [4.78, 5) is 2.36. The zero-order chi connectivity index (χ0) is 38.9. The molecule has 3 heteroatoms. The molecule has 2 aromatic heterocycles. The molecule has 0 unspecified atom stereocenters. The molecule has 0 N–H and O–H groups in total. The average Bonchev–Trinajstić information content (AvgIpc) is 3.88. The molecular formula is C56H35NO2. The first-order valence-electron chi connectivity index (χ1n) is 20.1. The summed E-state index contributed by atoms with van der Waals surface area (Å²) in [6, 6.07) is 75.8. The number of fused-ring (bicyclic) bond motifs is 9. The zero-order valence-corrected chi connectivity index (χ0v) is 32.0. The number of hydrogen-bond acceptors (Lipinski definition) is 3. The lowest BCUT2D eigenvalue weighted by Gasteiger charge is -2.27. The van der Waals surface area contributed by atoms with Crippen LogP contribution in [0.2, 0.25) is 0 Å². The van der Waals surface area contributed by atoms with Gasteiger partial charge in [-0.2, -0.15) is 0 Å². The summed E-state index contributed by atoms with van der Waals surface area (Å²) in [5.74, 6) is 0. The van der Waals surface area contributed by atoms with Crippen molar-refractivity contribution in [1.82, 2.24) is 0 Å². The summed E-state index contributed by atoms with van der Waals surface area (Å²) in [7, 11) is 0. The Kier molecular flexibility index (Phi) is 7.54. The van der Waals surface area contributed by atoms with Crippen molar-refractivity contribution in [3.05, 3.63) is 212 Å². The van der Waals surface area contributed by atoms with Crippen molar-refractivity contribution in [2.24, 2.45) is 0 Å². The van der Waals surface area contributed by atoms with Crippen LogP contribution in [0.1, 0.15) is 0 Å². The van der Waals surface area contributed by atoms with Gasteiger partial charge in [0.1, 0.15) is 22.3 Å². The first kappa shape index (κ1) is 33.3. The molecule has 3 nitrogen and oxygen atoms in total. The molecule has 0 saturated heterocycles. The maximum atomic E-state index is 6.69. The van der Waals surface area contributed by atoms with E-state index in [0.29, 0.717) is 0 Å². The van der Waals surface area contributed by atoms with E-state index in [2.05, 4.69) is 205 Å². The van der Waals surface area contributed by atoms with Crippen LogP contribution in [0.3, 0.4) is 0 Å². The third-order valence-electron chi connectivity index (χ3n) is 11.9. The van der Waals surface area contributed by atoms with Gasteiger partial charge in [0.25, 0.3) is 0 Å². The standard InChI is InChI=1S/C56H35NO2/c1-3-15-45-38(10-1)12-8-18-46(45)40-24-22-36(23-25-40)37-26-30-43(31-27-37)57(51-19-9-21-53-55(51)50-33-28-39-11-2-4-16-47(39)56(50)59-53)44-14-7-13-41(34-44)42-29-32-49-48-17-5-6-20-52(48)58-54(49)35-42/h1-35H. The van der Waals surface area contributed by atoms with Gasteiger partial charge < -0.3 is 13.7 Å². The highest BCUT2D eigenvalue weighted by Crippen LogP contribution is 2.45. The molecule has 0 bridgehead atoms. The fourth-order valence-corrected chi connectivity index (χ4v) is 9.00. The van der Waals surface area contributed by atoms with E-state index in [9.17, 15) is 0 Å². The summed E-state index contributed by atoms with van der Waals surface area (Å²) in [6.07, 6.45) is 0. The molecule has 0 saturated carbocycles. The van der Waals surface area contributed by atoms with Crippen molar-refractivity contribution in [2.75, 3.05) is 4.90 Å². The Morgan fingerprint density at radius 3 is 1.75 bits per heavy atom. The predicted molar refractivity (Wildman–Crippen MR) is 247 cm³/mol. The lowest BCUT2D eigenvalue weighted by molar-refractivity contribution is 0.669. The van der Waals surface area contributed by atoms with Crippen LogP contribution in [0.4, 0.5) is 17.1 Å². The molecule has 0 aliphatic heterocycles. The van der Waals surface area contributed by atoms with Crippen LogP contribution in [0.25, 0.3) is 98.8 Å². The predicted octanol–water partition coefficient (Wildman–Crippen LogP) is 16.3. The highest BCUT2D eigenvalue weighted by molar-refractivity contribution is 6.19. The van der Waals surface area contributed by atoms with E-state index < -0.39 is 0 Å². The van der Waals surface area contributed by atoms with Crippen LogP contribution in [0.15, 0.2) is 221 Å². The molecule has 12 rings (SSSR count). The van der Waals surface area contributed by atoms with Gasteiger partial charge in [-0.15, -0.1) is 0 Å². The smallest absolute Gasteiger partial charge is 0.143 e. The maximum Gasteiger partial charge on any atom is 0.143 e. The third kappa shape index (κ3) is 5.51. The number of hydrogen-bond donors (Lipinski definition) is 0. The summed E-state index contributed by atoms with van der Waals surface area (Å²) < 4.78 is 13.0. The molecule has 59 heavy (non-hydrogen) atoms. The monoisotopic (exact) mass is 753 g/mol. The third-order valence-corrected chi connectivity index (χ3v) is 11.9. The Morgan fingerprint density at radius 2 is 0.898 bits per heavy atom. The minimum absolute atomic E-state index is 0.855. The van der Waals surface area contributed by atoms with Crippen LogP contribution in [0.5, 0.6) is 0 Å². The second kappa shape index (κ2) is 13.4.